The Balaban J connectivity index is 1.52. The van der Waals surface area contributed by atoms with Gasteiger partial charge in [0.2, 0.25) is 5.91 Å². The van der Waals surface area contributed by atoms with Gasteiger partial charge in [-0.15, -0.1) is 0 Å². The van der Waals surface area contributed by atoms with E-state index in [2.05, 4.69) is 20.4 Å². The van der Waals surface area contributed by atoms with E-state index >= 15 is 0 Å². The summed E-state index contributed by atoms with van der Waals surface area (Å²) in [6.45, 7) is 4.12. The molecule has 1 saturated heterocycles. The van der Waals surface area contributed by atoms with E-state index in [0.717, 1.165) is 49.4 Å². The Morgan fingerprint density at radius 2 is 2.25 bits per heavy atom. The van der Waals surface area contributed by atoms with Crippen LogP contribution in [0.2, 0.25) is 0 Å². The highest BCUT2D eigenvalue weighted by Crippen LogP contribution is 2.16. The quantitative estimate of drug-likeness (QED) is 0.879. The zero-order valence-electron chi connectivity index (χ0n) is 11.3. The summed E-state index contributed by atoms with van der Waals surface area (Å²) in [4.78, 5) is 14.2. The first kappa shape index (κ1) is 13.1. The van der Waals surface area contributed by atoms with Gasteiger partial charge in [-0.1, -0.05) is 0 Å². The summed E-state index contributed by atoms with van der Waals surface area (Å²) < 4.78 is 5.28. The maximum Gasteiger partial charge on any atom is 0.225 e. The number of nitrogens with zero attached hydrogens (tertiary/aromatic N) is 2. The predicted molar refractivity (Wildman–Crippen MR) is 76.6 cm³/mol. The van der Waals surface area contributed by atoms with Crippen LogP contribution in [0.15, 0.2) is 24.4 Å². The zero-order valence-corrected chi connectivity index (χ0v) is 11.3. The van der Waals surface area contributed by atoms with Gasteiger partial charge in [-0.3, -0.25) is 14.8 Å². The number of rotatable bonds is 4. The van der Waals surface area contributed by atoms with Crippen LogP contribution in [0.5, 0.6) is 0 Å². The van der Waals surface area contributed by atoms with E-state index < -0.39 is 0 Å². The number of anilines is 1. The molecule has 3 rings (SSSR count). The molecule has 6 heteroatoms. The molecule has 0 saturated carbocycles. The maximum atomic E-state index is 11.9. The SMILES string of the molecule is O=C(CCN1CCOCC1)Nc1ccc2cn[nH]c2c1. The highest BCUT2D eigenvalue weighted by molar-refractivity contribution is 5.93. The van der Waals surface area contributed by atoms with Crippen LogP contribution in [0.3, 0.4) is 0 Å². The minimum Gasteiger partial charge on any atom is -0.379 e. The van der Waals surface area contributed by atoms with Gasteiger partial charge in [-0.05, 0) is 18.2 Å². The normalized spacial score (nSPS) is 16.4. The lowest BCUT2D eigenvalue weighted by atomic mass is 10.2. The molecule has 1 fully saturated rings. The van der Waals surface area contributed by atoms with Crippen molar-refractivity contribution in [2.75, 3.05) is 38.2 Å². The second-order valence-electron chi connectivity index (χ2n) is 4.92. The molecular weight excluding hydrogens is 256 g/mol. The van der Waals surface area contributed by atoms with Gasteiger partial charge in [0.25, 0.3) is 0 Å². The molecule has 1 aromatic heterocycles. The molecule has 0 bridgehead atoms. The number of ether oxygens (including phenoxy) is 1. The topological polar surface area (TPSA) is 70.2 Å². The van der Waals surface area contributed by atoms with Crippen LogP contribution in [-0.4, -0.2) is 53.9 Å². The number of fused-ring (bicyclic) bond motifs is 1. The molecule has 6 nitrogen and oxygen atoms in total. The lowest BCUT2D eigenvalue weighted by molar-refractivity contribution is -0.116. The highest BCUT2D eigenvalue weighted by atomic mass is 16.5. The Morgan fingerprint density at radius 3 is 3.10 bits per heavy atom. The fourth-order valence-corrected chi connectivity index (χ4v) is 2.32. The molecule has 0 radical (unpaired) electrons. The molecule has 20 heavy (non-hydrogen) atoms. The van der Waals surface area contributed by atoms with Gasteiger partial charge in [-0.25, -0.2) is 0 Å². The van der Waals surface area contributed by atoms with Crippen LogP contribution < -0.4 is 5.32 Å². The summed E-state index contributed by atoms with van der Waals surface area (Å²) in [5, 5.41) is 10.8. The van der Waals surface area contributed by atoms with Crippen LogP contribution in [-0.2, 0) is 9.53 Å². The van der Waals surface area contributed by atoms with Crippen molar-refractivity contribution in [3.63, 3.8) is 0 Å². The lowest BCUT2D eigenvalue weighted by Crippen LogP contribution is -2.38. The molecule has 0 unspecified atom stereocenters. The minimum absolute atomic E-state index is 0.0374. The summed E-state index contributed by atoms with van der Waals surface area (Å²) in [7, 11) is 0. The average Bonchev–Trinajstić information content (AvgIpc) is 2.94. The van der Waals surface area contributed by atoms with E-state index in [1.54, 1.807) is 6.20 Å². The van der Waals surface area contributed by atoms with Crippen molar-refractivity contribution in [1.82, 2.24) is 15.1 Å². The molecule has 0 spiro atoms. The molecular formula is C14H18N4O2. The Hall–Kier alpha value is -1.92. The number of H-pyrrole nitrogens is 1. The standard InChI is InChI=1S/C14H18N4O2/c19-14(3-4-18-5-7-20-8-6-18)16-12-2-1-11-10-15-17-13(11)9-12/h1-2,9-10H,3-8H2,(H,15,17)(H,16,19). The van der Waals surface area contributed by atoms with Gasteiger partial charge < -0.3 is 10.1 Å². The zero-order chi connectivity index (χ0) is 13.8. The molecule has 1 aliphatic heterocycles. The number of benzene rings is 1. The van der Waals surface area contributed by atoms with Crippen LogP contribution in [0, 0.1) is 0 Å². The third-order valence-electron chi connectivity index (χ3n) is 3.48. The largest absolute Gasteiger partial charge is 0.379 e. The van der Waals surface area contributed by atoms with Gasteiger partial charge >= 0.3 is 0 Å². The number of aromatic nitrogens is 2. The van der Waals surface area contributed by atoms with Crippen LogP contribution in [0.1, 0.15) is 6.42 Å². The molecule has 1 amide bonds. The molecule has 1 aromatic carbocycles. The maximum absolute atomic E-state index is 11.9. The van der Waals surface area contributed by atoms with Crippen molar-refractivity contribution >= 4 is 22.5 Å². The van der Waals surface area contributed by atoms with Crippen LogP contribution >= 0.6 is 0 Å². The first-order chi connectivity index (χ1) is 9.81. The monoisotopic (exact) mass is 274 g/mol. The van der Waals surface area contributed by atoms with Gasteiger partial charge in [0.05, 0.1) is 24.9 Å². The molecule has 0 atom stereocenters. The van der Waals surface area contributed by atoms with E-state index in [1.807, 2.05) is 18.2 Å². The Bertz CT molecular complexity index is 590. The third-order valence-corrected chi connectivity index (χ3v) is 3.48. The van der Waals surface area contributed by atoms with Crippen molar-refractivity contribution in [1.29, 1.82) is 0 Å². The Kier molecular flexibility index (Phi) is 3.94. The first-order valence-corrected chi connectivity index (χ1v) is 6.84. The van der Waals surface area contributed by atoms with Crippen molar-refractivity contribution in [3.05, 3.63) is 24.4 Å². The lowest BCUT2D eigenvalue weighted by Gasteiger charge is -2.26. The molecule has 2 heterocycles. The summed E-state index contributed by atoms with van der Waals surface area (Å²) in [5.41, 5.74) is 1.73. The van der Waals surface area contributed by atoms with Gasteiger partial charge in [0.1, 0.15) is 0 Å². The smallest absolute Gasteiger partial charge is 0.225 e. The van der Waals surface area contributed by atoms with Crippen molar-refractivity contribution in [2.45, 2.75) is 6.42 Å². The second-order valence-corrected chi connectivity index (χ2v) is 4.92. The van der Waals surface area contributed by atoms with E-state index in [1.165, 1.54) is 0 Å². The number of aromatic amines is 1. The van der Waals surface area contributed by atoms with Crippen LogP contribution in [0.25, 0.3) is 10.9 Å². The van der Waals surface area contributed by atoms with Crippen molar-refractivity contribution < 1.29 is 9.53 Å². The molecule has 2 N–H and O–H groups in total. The van der Waals surface area contributed by atoms with E-state index in [4.69, 9.17) is 4.74 Å². The summed E-state index contributed by atoms with van der Waals surface area (Å²) in [6, 6.07) is 5.73. The van der Waals surface area contributed by atoms with E-state index in [0.29, 0.717) is 6.42 Å². The number of amides is 1. The fraction of sp³-hybridized carbons (Fsp3) is 0.429. The highest BCUT2D eigenvalue weighted by Gasteiger charge is 2.12. The average molecular weight is 274 g/mol. The summed E-state index contributed by atoms with van der Waals surface area (Å²) in [6.07, 6.45) is 2.26. The molecule has 0 aliphatic carbocycles. The minimum atomic E-state index is 0.0374. The van der Waals surface area contributed by atoms with Crippen molar-refractivity contribution in [2.24, 2.45) is 0 Å². The third kappa shape index (κ3) is 3.15. The summed E-state index contributed by atoms with van der Waals surface area (Å²) >= 11 is 0. The second kappa shape index (κ2) is 6.02. The Morgan fingerprint density at radius 1 is 1.40 bits per heavy atom. The number of morpholine rings is 1. The van der Waals surface area contributed by atoms with Gasteiger partial charge in [-0.2, -0.15) is 5.10 Å². The van der Waals surface area contributed by atoms with Gasteiger partial charge in [0, 0.05) is 37.1 Å². The number of carbonyl (C=O) groups is 1. The number of hydrogen-bond donors (Lipinski definition) is 2. The molecule has 1 aliphatic rings. The molecule has 106 valence electrons. The number of hydrogen-bond acceptors (Lipinski definition) is 4. The fourth-order valence-electron chi connectivity index (χ4n) is 2.32. The van der Waals surface area contributed by atoms with Gasteiger partial charge in [0.15, 0.2) is 0 Å². The predicted octanol–water partition coefficient (Wildman–Crippen LogP) is 1.22. The van der Waals surface area contributed by atoms with Crippen LogP contribution in [0.4, 0.5) is 5.69 Å². The van der Waals surface area contributed by atoms with E-state index in [-0.39, 0.29) is 5.91 Å². The first-order valence-electron chi connectivity index (χ1n) is 6.84. The number of nitrogens with one attached hydrogen (secondary N) is 2. The van der Waals surface area contributed by atoms with E-state index in [9.17, 15) is 4.79 Å². The van der Waals surface area contributed by atoms with Crippen molar-refractivity contribution in [3.8, 4) is 0 Å². The summed E-state index contributed by atoms with van der Waals surface area (Å²) in [5.74, 6) is 0.0374. The number of carbonyl (C=O) groups excluding carboxylic acids is 1. The molecule has 2 aromatic rings. The Labute approximate surface area is 117 Å².